The van der Waals surface area contributed by atoms with Crippen LogP contribution in [0.1, 0.15) is 115 Å². The van der Waals surface area contributed by atoms with Crippen molar-refractivity contribution in [1.29, 1.82) is 0 Å². The minimum absolute atomic E-state index is 0.00381. The molecule has 2 saturated carbocycles. The van der Waals surface area contributed by atoms with E-state index in [2.05, 4.69) is 28.3 Å². The fourth-order valence-corrected chi connectivity index (χ4v) is 9.46. The number of nitrogens with zero attached hydrogens (tertiary/aromatic N) is 2. The van der Waals surface area contributed by atoms with Crippen molar-refractivity contribution in [3.63, 3.8) is 0 Å². The number of carbonyl (C=O) groups is 4. The molecular formula is C37H55N5O9S. The van der Waals surface area contributed by atoms with E-state index in [9.17, 15) is 32.7 Å². The number of carbonyl (C=O) groups excluding carboxylic acids is 4. The fourth-order valence-electron chi connectivity index (χ4n) is 8.09. The lowest BCUT2D eigenvalue weighted by atomic mass is 9.91. The van der Waals surface area contributed by atoms with Crippen molar-refractivity contribution in [3.8, 4) is 0 Å². The minimum atomic E-state index is -3.86. The monoisotopic (exact) mass is 745 g/mol. The fraction of sp³-hybridized carbons (Fsp3) is 0.730. The summed E-state index contributed by atoms with van der Waals surface area (Å²) in [6, 6.07) is 6.09. The Hall–Kier alpha value is -3.43. The van der Waals surface area contributed by atoms with Crippen LogP contribution in [-0.4, -0.2) is 101 Å². The molecule has 7 atom stereocenters. The number of rotatable bonds is 5. The van der Waals surface area contributed by atoms with Gasteiger partial charge in [0.2, 0.25) is 15.9 Å². The van der Waals surface area contributed by atoms with Crippen molar-refractivity contribution in [3.05, 3.63) is 35.4 Å². The molecule has 0 spiro atoms. The van der Waals surface area contributed by atoms with Gasteiger partial charge in [-0.2, -0.15) is 0 Å². The number of sulfonamides is 1. The van der Waals surface area contributed by atoms with Crippen LogP contribution in [-0.2, 0) is 35.6 Å². The van der Waals surface area contributed by atoms with Gasteiger partial charge in [0.05, 0.1) is 17.3 Å². The molecule has 3 aliphatic heterocycles. The zero-order chi connectivity index (χ0) is 37.4. The summed E-state index contributed by atoms with van der Waals surface area (Å²) in [7, 11) is -3.86. The van der Waals surface area contributed by atoms with Crippen molar-refractivity contribution < 1.29 is 42.2 Å². The van der Waals surface area contributed by atoms with Crippen molar-refractivity contribution in [2.24, 2.45) is 5.92 Å². The number of aliphatic hydroxyl groups excluding tert-OH is 1. The summed E-state index contributed by atoms with van der Waals surface area (Å²) >= 11 is 0. The van der Waals surface area contributed by atoms with E-state index in [0.717, 1.165) is 31.2 Å². The molecule has 5 aliphatic rings. The third-order valence-corrected chi connectivity index (χ3v) is 12.9. The first-order valence-corrected chi connectivity index (χ1v) is 20.5. The average molecular weight is 746 g/mol. The normalized spacial score (nSPS) is 31.7. The molecule has 1 aromatic carbocycles. The molecule has 15 heteroatoms. The predicted molar refractivity (Wildman–Crippen MR) is 191 cm³/mol. The molecule has 4 amide bonds. The molecule has 3 heterocycles. The molecule has 0 bridgehead atoms. The highest BCUT2D eigenvalue weighted by Gasteiger charge is 2.62. The standard InChI is InChI=1S/C37H55N5O9S/c1-23-20-41(21-24-12-10-11-14-28(23)24)35(47)50-26-18-30-31(43)39-37(33(45)40-52(48,49)27-16-17-27)19-25(37)13-8-6-5-7-9-15-29(32(44)42(30)22-26)38-34(46)51-36(2,3)4/h10-12,14,23,25-27,29-30,32,44H,5-9,13,15-22H2,1-4H3,(H,38,46)(H,39,43)(H,40,45)/t23?,25-,26-,29+,30+,32?,37-/m1/s1. The van der Waals surface area contributed by atoms with Crippen molar-refractivity contribution in [2.75, 3.05) is 13.1 Å². The lowest BCUT2D eigenvalue weighted by Gasteiger charge is -2.35. The molecule has 14 nitrogen and oxygen atoms in total. The summed E-state index contributed by atoms with van der Waals surface area (Å²) < 4.78 is 39.4. The van der Waals surface area contributed by atoms with Crippen LogP contribution in [0.2, 0.25) is 0 Å². The first-order valence-electron chi connectivity index (χ1n) is 18.9. The van der Waals surface area contributed by atoms with Gasteiger partial charge in [0.1, 0.15) is 23.5 Å². The third kappa shape index (κ3) is 8.84. The predicted octanol–water partition coefficient (Wildman–Crippen LogP) is 3.62. The van der Waals surface area contributed by atoms with Crippen molar-refractivity contribution in [1.82, 2.24) is 25.2 Å². The molecular weight excluding hydrogens is 690 g/mol. The van der Waals surface area contributed by atoms with Gasteiger partial charge in [-0.25, -0.2) is 18.0 Å². The van der Waals surface area contributed by atoms with E-state index in [0.29, 0.717) is 51.6 Å². The molecule has 0 radical (unpaired) electrons. The first kappa shape index (κ1) is 38.3. The summed E-state index contributed by atoms with van der Waals surface area (Å²) in [6.07, 6.45) is 3.10. The zero-order valence-corrected chi connectivity index (χ0v) is 31.6. The summed E-state index contributed by atoms with van der Waals surface area (Å²) in [5.41, 5.74) is 0.0347. The van der Waals surface area contributed by atoms with E-state index in [1.807, 2.05) is 18.2 Å². The highest BCUT2D eigenvalue weighted by Crippen LogP contribution is 2.48. The van der Waals surface area contributed by atoms with Crippen molar-refractivity contribution >= 4 is 34.0 Å². The molecule has 4 N–H and O–H groups in total. The van der Waals surface area contributed by atoms with Crippen LogP contribution in [0.5, 0.6) is 0 Å². The molecule has 6 rings (SSSR count). The van der Waals surface area contributed by atoms with Crippen LogP contribution in [0.25, 0.3) is 0 Å². The number of amides is 4. The summed E-state index contributed by atoms with van der Waals surface area (Å²) in [5.74, 6) is -1.46. The van der Waals surface area contributed by atoms with Crippen LogP contribution in [0.4, 0.5) is 9.59 Å². The summed E-state index contributed by atoms with van der Waals surface area (Å²) in [4.78, 5) is 57.7. The lowest BCUT2D eigenvalue weighted by Crippen LogP contribution is -2.59. The number of fused-ring (bicyclic) bond motifs is 3. The molecule has 4 fully saturated rings. The maximum absolute atomic E-state index is 14.3. The zero-order valence-electron chi connectivity index (χ0n) is 30.8. The van der Waals surface area contributed by atoms with Gasteiger partial charge in [0, 0.05) is 26.1 Å². The quantitative estimate of drug-likeness (QED) is 0.347. The van der Waals surface area contributed by atoms with E-state index < -0.39 is 74.8 Å². The maximum atomic E-state index is 14.3. The van der Waals surface area contributed by atoms with E-state index in [-0.39, 0.29) is 24.8 Å². The summed E-state index contributed by atoms with van der Waals surface area (Å²) in [5, 5.41) is 17.1. The first-order chi connectivity index (χ1) is 24.6. The smallest absolute Gasteiger partial charge is 0.410 e. The van der Waals surface area contributed by atoms with Crippen LogP contribution < -0.4 is 15.4 Å². The highest BCUT2D eigenvalue weighted by atomic mass is 32.2. The van der Waals surface area contributed by atoms with Gasteiger partial charge in [-0.3, -0.25) is 19.2 Å². The Morgan fingerprint density at radius 1 is 1.00 bits per heavy atom. The van der Waals surface area contributed by atoms with Gasteiger partial charge < -0.3 is 30.1 Å². The number of hydrogen-bond donors (Lipinski definition) is 4. The van der Waals surface area contributed by atoms with Gasteiger partial charge in [0.15, 0.2) is 0 Å². The molecule has 52 heavy (non-hydrogen) atoms. The Morgan fingerprint density at radius 3 is 2.40 bits per heavy atom. The second-order valence-corrected chi connectivity index (χ2v) is 18.4. The Balaban J connectivity index is 1.24. The lowest BCUT2D eigenvalue weighted by molar-refractivity contribution is -0.135. The van der Waals surface area contributed by atoms with E-state index in [1.165, 1.54) is 10.5 Å². The molecule has 1 aromatic rings. The molecule has 2 aliphatic carbocycles. The number of benzene rings is 1. The maximum Gasteiger partial charge on any atom is 0.410 e. The van der Waals surface area contributed by atoms with Gasteiger partial charge >= 0.3 is 12.2 Å². The van der Waals surface area contributed by atoms with Crippen LogP contribution in [0.3, 0.4) is 0 Å². The molecule has 2 unspecified atom stereocenters. The van der Waals surface area contributed by atoms with Crippen LogP contribution >= 0.6 is 0 Å². The number of nitrogens with one attached hydrogen (secondary N) is 3. The average Bonchev–Trinajstić information content (AvgIpc) is 3.99. The van der Waals surface area contributed by atoms with E-state index in [4.69, 9.17) is 9.47 Å². The third-order valence-electron chi connectivity index (χ3n) is 11.1. The topological polar surface area (TPSA) is 184 Å². The Morgan fingerprint density at radius 2 is 1.69 bits per heavy atom. The number of hydrogen-bond acceptors (Lipinski definition) is 10. The minimum Gasteiger partial charge on any atom is -0.445 e. The summed E-state index contributed by atoms with van der Waals surface area (Å²) in [6.45, 7) is 8.12. The van der Waals surface area contributed by atoms with Crippen molar-refractivity contribution in [2.45, 2.75) is 152 Å². The van der Waals surface area contributed by atoms with Gasteiger partial charge in [-0.1, -0.05) is 63.3 Å². The molecule has 288 valence electrons. The second-order valence-electron chi connectivity index (χ2n) is 16.5. The van der Waals surface area contributed by atoms with E-state index in [1.54, 1.807) is 25.7 Å². The Labute approximate surface area is 306 Å². The van der Waals surface area contributed by atoms with E-state index >= 15 is 0 Å². The number of alkyl carbamates (subject to hydrolysis) is 1. The van der Waals surface area contributed by atoms with Gasteiger partial charge in [-0.05, 0) is 75.8 Å². The number of aliphatic hydroxyl groups is 1. The Bertz CT molecular complexity index is 1630. The number of ether oxygens (including phenoxy) is 2. The van der Waals surface area contributed by atoms with Crippen LogP contribution in [0, 0.1) is 5.92 Å². The SMILES string of the molecule is CC1CN(C(=O)O[C@@H]2C[C@H]3C(=O)N[C@]4(C(=O)NS(=O)(=O)C5CC5)C[C@H]4CCCCCCC[C@H](NC(=O)OC(C)(C)C)C(O)N3C2)Cc2ccccc21. The van der Waals surface area contributed by atoms with Crippen LogP contribution in [0.15, 0.2) is 24.3 Å². The second kappa shape index (κ2) is 15.1. The Kier molecular flexibility index (Phi) is 11.1. The molecule has 2 saturated heterocycles. The van der Waals surface area contributed by atoms with Gasteiger partial charge in [0.25, 0.3) is 5.91 Å². The highest BCUT2D eigenvalue weighted by molar-refractivity contribution is 7.91. The van der Waals surface area contributed by atoms with Gasteiger partial charge in [-0.15, -0.1) is 0 Å². The largest absolute Gasteiger partial charge is 0.445 e. The molecule has 0 aromatic heterocycles.